The van der Waals surface area contributed by atoms with E-state index in [1.165, 1.54) is 15.9 Å². The first-order chi connectivity index (χ1) is 14.8. The van der Waals surface area contributed by atoms with Crippen LogP contribution in [0.15, 0.2) is 59.6 Å². The molecule has 0 unspecified atom stereocenters. The molecule has 0 atom stereocenters. The molecule has 4 aromatic rings. The molecule has 0 saturated carbocycles. The molecule has 1 heterocycles. The van der Waals surface area contributed by atoms with Gasteiger partial charge in [0.2, 0.25) is 0 Å². The Balaban J connectivity index is 1.81. The van der Waals surface area contributed by atoms with Gasteiger partial charge in [0.15, 0.2) is 5.75 Å². The maximum atomic E-state index is 11.0. The number of aliphatic imine (C=N–C) groups is 1. The predicted octanol–water partition coefficient (Wildman–Crippen LogP) is 6.43. The minimum absolute atomic E-state index is 0.114. The second kappa shape index (κ2) is 8.34. The van der Waals surface area contributed by atoms with Gasteiger partial charge < -0.3 is 5.11 Å². The summed E-state index contributed by atoms with van der Waals surface area (Å²) >= 11 is 0. The quantitative estimate of drug-likeness (QED) is 0.384. The molecular formula is C26H28N4O. The number of phenols is 1. The summed E-state index contributed by atoms with van der Waals surface area (Å²) in [6, 6.07) is 17.8. The average Bonchev–Trinajstić information content (AvgIpc) is 3.17. The van der Waals surface area contributed by atoms with Crippen LogP contribution in [0.25, 0.3) is 16.7 Å². The second-order valence-electron chi connectivity index (χ2n) is 8.55. The number of phenolic OH excluding ortho intramolecular Hbond substituents is 1. The van der Waals surface area contributed by atoms with E-state index in [0.717, 1.165) is 22.3 Å². The number of nitrogens with zero attached hydrogens (tertiary/aromatic N) is 4. The van der Waals surface area contributed by atoms with Gasteiger partial charge >= 0.3 is 0 Å². The topological polar surface area (TPSA) is 63.3 Å². The van der Waals surface area contributed by atoms with Gasteiger partial charge in [-0.1, -0.05) is 58.0 Å². The van der Waals surface area contributed by atoms with E-state index in [0.29, 0.717) is 23.1 Å². The lowest BCUT2D eigenvalue weighted by Gasteiger charge is -2.16. The highest BCUT2D eigenvalue weighted by Crippen LogP contribution is 2.35. The smallest absolute Gasteiger partial charge is 0.151 e. The number of para-hydroxylation sites is 1. The Bertz CT molecular complexity index is 1210. The number of hydrogen-bond acceptors (Lipinski definition) is 4. The van der Waals surface area contributed by atoms with E-state index >= 15 is 0 Å². The van der Waals surface area contributed by atoms with E-state index in [-0.39, 0.29) is 5.75 Å². The van der Waals surface area contributed by atoms with Gasteiger partial charge in [-0.3, -0.25) is 4.99 Å². The van der Waals surface area contributed by atoms with Gasteiger partial charge in [0.05, 0.1) is 5.69 Å². The summed E-state index contributed by atoms with van der Waals surface area (Å²) < 4.78 is 0. The van der Waals surface area contributed by atoms with Crippen LogP contribution in [-0.4, -0.2) is 26.3 Å². The minimum atomic E-state index is 0.114. The van der Waals surface area contributed by atoms with Gasteiger partial charge in [-0.15, -0.1) is 15.0 Å². The first kappa shape index (κ1) is 20.8. The molecule has 0 saturated heterocycles. The Morgan fingerprint density at radius 1 is 0.871 bits per heavy atom. The molecule has 5 nitrogen and oxygen atoms in total. The predicted molar refractivity (Wildman–Crippen MR) is 127 cm³/mol. The molecule has 158 valence electrons. The minimum Gasteiger partial charge on any atom is -0.505 e. The maximum Gasteiger partial charge on any atom is 0.151 e. The number of aromatic nitrogens is 3. The SMILES string of the molecule is Cc1cc(C=Nc2c(C(C)C)cccc2C(C)C)c(O)c(-n2nc3ccccc3n2)c1. The molecule has 1 N–H and O–H groups in total. The lowest BCUT2D eigenvalue weighted by molar-refractivity contribution is 0.466. The third-order valence-corrected chi connectivity index (χ3v) is 5.44. The fourth-order valence-electron chi connectivity index (χ4n) is 3.80. The lowest BCUT2D eigenvalue weighted by atomic mass is 9.93. The molecule has 0 aliphatic carbocycles. The molecule has 0 aliphatic heterocycles. The first-order valence-electron chi connectivity index (χ1n) is 10.7. The van der Waals surface area contributed by atoms with Crippen molar-refractivity contribution in [3.63, 3.8) is 0 Å². The third kappa shape index (κ3) is 4.08. The van der Waals surface area contributed by atoms with Gasteiger partial charge in [-0.05, 0) is 59.7 Å². The van der Waals surface area contributed by atoms with Crippen molar-refractivity contribution < 1.29 is 5.11 Å². The highest BCUT2D eigenvalue weighted by Gasteiger charge is 2.15. The molecule has 3 aromatic carbocycles. The molecule has 31 heavy (non-hydrogen) atoms. The molecule has 1 aromatic heterocycles. The van der Waals surface area contributed by atoms with Crippen molar-refractivity contribution >= 4 is 22.9 Å². The van der Waals surface area contributed by atoms with Gasteiger partial charge in [0.1, 0.15) is 16.7 Å². The van der Waals surface area contributed by atoms with Gasteiger partial charge in [-0.2, -0.15) is 0 Å². The number of aryl methyl sites for hydroxylation is 1. The number of fused-ring (bicyclic) bond motifs is 1. The zero-order chi connectivity index (χ0) is 22.1. The molecular weight excluding hydrogens is 384 g/mol. The zero-order valence-electron chi connectivity index (χ0n) is 18.7. The molecule has 0 amide bonds. The number of hydrogen-bond donors (Lipinski definition) is 1. The van der Waals surface area contributed by atoms with Crippen LogP contribution in [-0.2, 0) is 0 Å². The Hall–Kier alpha value is -3.47. The largest absolute Gasteiger partial charge is 0.505 e. The Morgan fingerprint density at radius 3 is 2.00 bits per heavy atom. The third-order valence-electron chi connectivity index (χ3n) is 5.44. The monoisotopic (exact) mass is 412 g/mol. The summed E-state index contributed by atoms with van der Waals surface area (Å²) in [6.07, 6.45) is 1.75. The van der Waals surface area contributed by atoms with Crippen molar-refractivity contribution in [1.82, 2.24) is 15.0 Å². The van der Waals surface area contributed by atoms with E-state index in [4.69, 9.17) is 4.99 Å². The zero-order valence-corrected chi connectivity index (χ0v) is 18.7. The number of rotatable bonds is 5. The highest BCUT2D eigenvalue weighted by atomic mass is 16.3. The fourth-order valence-corrected chi connectivity index (χ4v) is 3.80. The molecule has 4 rings (SSSR count). The highest BCUT2D eigenvalue weighted by molar-refractivity contribution is 5.88. The van der Waals surface area contributed by atoms with Gasteiger partial charge in [0, 0.05) is 11.8 Å². The van der Waals surface area contributed by atoms with Crippen LogP contribution in [0.4, 0.5) is 5.69 Å². The average molecular weight is 413 g/mol. The summed E-state index contributed by atoms with van der Waals surface area (Å²) in [7, 11) is 0. The van der Waals surface area contributed by atoms with Crippen LogP contribution >= 0.6 is 0 Å². The van der Waals surface area contributed by atoms with E-state index in [2.05, 4.69) is 56.1 Å². The molecule has 0 spiro atoms. The summed E-state index contributed by atoms with van der Waals surface area (Å²) in [5.41, 5.74) is 7.14. The van der Waals surface area contributed by atoms with E-state index in [1.807, 2.05) is 43.3 Å². The lowest BCUT2D eigenvalue weighted by Crippen LogP contribution is -2.02. The van der Waals surface area contributed by atoms with Crippen LogP contribution < -0.4 is 0 Å². The molecule has 0 aliphatic rings. The number of aromatic hydroxyl groups is 1. The maximum absolute atomic E-state index is 11.0. The standard InChI is InChI=1S/C26H28N4O/c1-16(2)20-9-8-10-21(17(3)4)25(20)27-15-19-13-18(5)14-24(26(19)31)30-28-22-11-6-7-12-23(22)29-30/h6-17,31H,1-5H3. The normalized spacial score (nSPS) is 12.0. The number of benzene rings is 3. The molecule has 5 heteroatoms. The first-order valence-corrected chi connectivity index (χ1v) is 10.7. The van der Waals surface area contributed by atoms with Crippen LogP contribution in [0.1, 0.15) is 61.8 Å². The second-order valence-corrected chi connectivity index (χ2v) is 8.55. The van der Waals surface area contributed by atoms with Crippen LogP contribution in [0.2, 0.25) is 0 Å². The Kier molecular flexibility index (Phi) is 5.59. The summed E-state index contributed by atoms with van der Waals surface area (Å²) in [4.78, 5) is 6.36. The van der Waals surface area contributed by atoms with Gasteiger partial charge in [0.25, 0.3) is 0 Å². The van der Waals surface area contributed by atoms with E-state index in [9.17, 15) is 5.11 Å². The summed E-state index contributed by atoms with van der Waals surface area (Å²) in [6.45, 7) is 10.7. The van der Waals surface area contributed by atoms with Crippen LogP contribution in [0, 0.1) is 6.92 Å². The summed E-state index contributed by atoms with van der Waals surface area (Å²) in [5.74, 6) is 0.823. The molecule has 0 fully saturated rings. The van der Waals surface area contributed by atoms with Crippen molar-refractivity contribution in [2.45, 2.75) is 46.5 Å². The fraction of sp³-hybridized carbons (Fsp3) is 0.269. The van der Waals surface area contributed by atoms with Crippen molar-refractivity contribution in [2.24, 2.45) is 4.99 Å². The van der Waals surface area contributed by atoms with Gasteiger partial charge in [-0.25, -0.2) is 0 Å². The molecule has 0 radical (unpaired) electrons. The van der Waals surface area contributed by atoms with E-state index < -0.39 is 0 Å². The van der Waals surface area contributed by atoms with Crippen molar-refractivity contribution in [3.05, 3.63) is 76.9 Å². The Labute approximate surface area is 183 Å². The van der Waals surface area contributed by atoms with Crippen molar-refractivity contribution in [3.8, 4) is 11.4 Å². The van der Waals surface area contributed by atoms with Crippen LogP contribution in [0.5, 0.6) is 5.75 Å². The van der Waals surface area contributed by atoms with Crippen molar-refractivity contribution in [2.75, 3.05) is 0 Å². The van der Waals surface area contributed by atoms with Crippen LogP contribution in [0.3, 0.4) is 0 Å². The van der Waals surface area contributed by atoms with Crippen molar-refractivity contribution in [1.29, 1.82) is 0 Å². The molecule has 0 bridgehead atoms. The summed E-state index contributed by atoms with van der Waals surface area (Å²) in [5, 5.41) is 20.1. The Morgan fingerprint density at radius 2 is 1.45 bits per heavy atom. The van der Waals surface area contributed by atoms with E-state index in [1.54, 1.807) is 6.21 Å².